The number of aryl methyl sites for hydroxylation is 1. The van der Waals surface area contributed by atoms with Crippen LogP contribution in [0.5, 0.6) is 0 Å². The maximum absolute atomic E-state index is 12.5. The van der Waals surface area contributed by atoms with Gasteiger partial charge in [0.2, 0.25) is 11.7 Å². The van der Waals surface area contributed by atoms with Crippen LogP contribution in [0.2, 0.25) is 0 Å². The number of para-hydroxylation sites is 1. The first-order valence-electron chi connectivity index (χ1n) is 8.59. The zero-order valence-corrected chi connectivity index (χ0v) is 16.2. The summed E-state index contributed by atoms with van der Waals surface area (Å²) >= 11 is 0. The van der Waals surface area contributed by atoms with Crippen LogP contribution in [0.3, 0.4) is 0 Å². The molecule has 8 heteroatoms. The van der Waals surface area contributed by atoms with E-state index < -0.39 is 27.5 Å². The Morgan fingerprint density at radius 2 is 1.75 bits per heavy atom. The number of benzene rings is 2. The van der Waals surface area contributed by atoms with E-state index in [1.165, 1.54) is 12.1 Å². The van der Waals surface area contributed by atoms with Crippen LogP contribution in [0.25, 0.3) is 11.0 Å². The molecule has 0 saturated carbocycles. The summed E-state index contributed by atoms with van der Waals surface area (Å²) in [5.41, 5.74) is 1.38. The number of esters is 1. The maximum atomic E-state index is 12.5. The molecule has 146 valence electrons. The van der Waals surface area contributed by atoms with Crippen LogP contribution in [0, 0.1) is 6.92 Å². The Morgan fingerprint density at radius 3 is 2.43 bits per heavy atom. The Kier molecular flexibility index (Phi) is 5.51. The molecule has 7 nitrogen and oxygen atoms in total. The van der Waals surface area contributed by atoms with Crippen LogP contribution in [0.15, 0.2) is 57.8 Å². The Balaban J connectivity index is 1.89. The molecule has 0 bridgehead atoms. The average molecular weight is 401 g/mol. The van der Waals surface area contributed by atoms with Gasteiger partial charge in [0.25, 0.3) is 0 Å². The van der Waals surface area contributed by atoms with Crippen molar-refractivity contribution in [2.75, 3.05) is 17.7 Å². The van der Waals surface area contributed by atoms with E-state index in [9.17, 15) is 18.0 Å². The van der Waals surface area contributed by atoms with Crippen molar-refractivity contribution in [3.8, 4) is 0 Å². The molecule has 0 fully saturated rings. The number of fused-ring (bicyclic) bond motifs is 1. The van der Waals surface area contributed by atoms with Gasteiger partial charge in [0.05, 0.1) is 11.5 Å². The van der Waals surface area contributed by atoms with Gasteiger partial charge in [0.1, 0.15) is 17.0 Å². The van der Waals surface area contributed by atoms with Crippen LogP contribution < -0.4 is 5.32 Å². The first-order chi connectivity index (χ1) is 13.3. The Hall–Kier alpha value is -3.13. The molecule has 0 atom stereocenters. The molecule has 0 radical (unpaired) electrons. The number of ether oxygens (including phenoxy) is 1. The number of hydrogen-bond acceptors (Lipinski definition) is 6. The van der Waals surface area contributed by atoms with Crippen LogP contribution in [-0.4, -0.2) is 32.7 Å². The van der Waals surface area contributed by atoms with Gasteiger partial charge in [0, 0.05) is 5.39 Å². The molecule has 1 heterocycles. The second-order valence-electron chi connectivity index (χ2n) is 6.14. The number of rotatable bonds is 6. The first-order valence-corrected chi connectivity index (χ1v) is 10.2. The third kappa shape index (κ3) is 4.07. The fourth-order valence-electron chi connectivity index (χ4n) is 2.69. The maximum Gasteiger partial charge on any atom is 0.376 e. The van der Waals surface area contributed by atoms with E-state index in [4.69, 9.17) is 9.15 Å². The normalized spacial score (nSPS) is 11.4. The molecule has 1 aromatic heterocycles. The molecular weight excluding hydrogens is 382 g/mol. The van der Waals surface area contributed by atoms with Gasteiger partial charge in [-0.2, -0.15) is 0 Å². The molecule has 0 unspecified atom stereocenters. The highest BCUT2D eigenvalue weighted by atomic mass is 32.2. The molecule has 1 amide bonds. The van der Waals surface area contributed by atoms with Crippen LogP contribution in [-0.2, 0) is 19.4 Å². The summed E-state index contributed by atoms with van der Waals surface area (Å²) in [7, 11) is -3.83. The van der Waals surface area contributed by atoms with E-state index in [1.54, 1.807) is 43.3 Å². The highest BCUT2D eigenvalue weighted by molar-refractivity contribution is 7.92. The number of hydrogen-bond donors (Lipinski definition) is 1. The van der Waals surface area contributed by atoms with Gasteiger partial charge in [-0.15, -0.1) is 0 Å². The zero-order chi connectivity index (χ0) is 20.3. The van der Waals surface area contributed by atoms with Crippen LogP contribution in [0.1, 0.15) is 23.0 Å². The van der Waals surface area contributed by atoms with Crippen molar-refractivity contribution in [1.29, 1.82) is 0 Å². The molecule has 0 saturated heterocycles. The fourth-order valence-corrected chi connectivity index (χ4v) is 3.82. The third-order valence-electron chi connectivity index (χ3n) is 4.02. The molecule has 1 N–H and O–H groups in total. The lowest BCUT2D eigenvalue weighted by molar-refractivity contribution is -0.113. The van der Waals surface area contributed by atoms with Crippen molar-refractivity contribution in [2.24, 2.45) is 0 Å². The summed E-state index contributed by atoms with van der Waals surface area (Å²) in [5, 5.41) is 2.98. The van der Waals surface area contributed by atoms with Gasteiger partial charge in [-0.1, -0.05) is 29.8 Å². The number of sulfone groups is 1. The molecule has 3 rings (SSSR count). The van der Waals surface area contributed by atoms with Gasteiger partial charge in [-0.3, -0.25) is 4.79 Å². The number of furan rings is 1. The monoisotopic (exact) mass is 401 g/mol. The molecule has 2 aromatic carbocycles. The molecule has 0 aliphatic rings. The van der Waals surface area contributed by atoms with Gasteiger partial charge in [0.15, 0.2) is 9.84 Å². The van der Waals surface area contributed by atoms with Crippen molar-refractivity contribution in [2.45, 2.75) is 18.7 Å². The molecule has 0 spiro atoms. The lowest BCUT2D eigenvalue weighted by Crippen LogP contribution is -2.24. The summed E-state index contributed by atoms with van der Waals surface area (Å²) in [5.74, 6) is -2.46. The molecule has 3 aromatic rings. The summed E-state index contributed by atoms with van der Waals surface area (Å²) in [6.07, 6.45) is 0. The van der Waals surface area contributed by atoms with Gasteiger partial charge >= 0.3 is 5.97 Å². The quantitative estimate of drug-likeness (QED) is 0.636. The highest BCUT2D eigenvalue weighted by Crippen LogP contribution is 2.31. The van der Waals surface area contributed by atoms with Gasteiger partial charge in [-0.25, -0.2) is 13.2 Å². The summed E-state index contributed by atoms with van der Waals surface area (Å²) in [4.78, 5) is 24.7. The largest absolute Gasteiger partial charge is 0.460 e. The second-order valence-corrected chi connectivity index (χ2v) is 8.13. The predicted molar refractivity (Wildman–Crippen MR) is 104 cm³/mol. The molecule has 0 aliphatic heterocycles. The van der Waals surface area contributed by atoms with E-state index in [-0.39, 0.29) is 22.9 Å². The van der Waals surface area contributed by atoms with E-state index in [0.29, 0.717) is 11.0 Å². The SMILES string of the molecule is CCOC(=O)c1oc2ccccc2c1NC(=O)CS(=O)(=O)c1ccc(C)cc1. The molecule has 0 aliphatic carbocycles. The van der Waals surface area contributed by atoms with Crippen molar-refractivity contribution in [3.05, 3.63) is 59.9 Å². The van der Waals surface area contributed by atoms with E-state index in [2.05, 4.69) is 5.32 Å². The summed E-state index contributed by atoms with van der Waals surface area (Å²) in [6.45, 7) is 3.61. The fraction of sp³-hybridized carbons (Fsp3) is 0.200. The van der Waals surface area contributed by atoms with Gasteiger partial charge < -0.3 is 14.5 Å². The number of anilines is 1. The molecule has 28 heavy (non-hydrogen) atoms. The van der Waals surface area contributed by atoms with Crippen molar-refractivity contribution in [1.82, 2.24) is 0 Å². The van der Waals surface area contributed by atoms with Crippen LogP contribution in [0.4, 0.5) is 5.69 Å². The minimum absolute atomic E-state index is 0.0518. The number of carbonyl (C=O) groups is 2. The first kappa shape index (κ1) is 19.6. The summed E-state index contributed by atoms with van der Waals surface area (Å²) < 4.78 is 35.4. The van der Waals surface area contributed by atoms with Crippen LogP contribution >= 0.6 is 0 Å². The third-order valence-corrected chi connectivity index (χ3v) is 5.65. The molecular formula is C20H19NO6S. The summed E-state index contributed by atoms with van der Waals surface area (Å²) in [6, 6.07) is 13.0. The predicted octanol–water partition coefficient (Wildman–Crippen LogP) is 3.33. The van der Waals surface area contributed by atoms with E-state index >= 15 is 0 Å². The lowest BCUT2D eigenvalue weighted by atomic mass is 10.2. The lowest BCUT2D eigenvalue weighted by Gasteiger charge is -2.07. The Bertz CT molecular complexity index is 1130. The number of carbonyl (C=O) groups excluding carboxylic acids is 2. The van der Waals surface area contributed by atoms with E-state index in [1.807, 2.05) is 6.92 Å². The zero-order valence-electron chi connectivity index (χ0n) is 15.4. The standard InChI is InChI=1S/C20H19NO6S/c1-3-26-20(23)19-18(15-6-4-5-7-16(15)27-19)21-17(22)12-28(24,25)14-10-8-13(2)9-11-14/h4-11H,3,12H2,1-2H3,(H,21,22). The van der Waals surface area contributed by atoms with Crippen molar-refractivity contribution < 1.29 is 27.2 Å². The number of amides is 1. The van der Waals surface area contributed by atoms with E-state index in [0.717, 1.165) is 5.56 Å². The smallest absolute Gasteiger partial charge is 0.376 e. The Morgan fingerprint density at radius 1 is 1.07 bits per heavy atom. The minimum atomic E-state index is -3.83. The van der Waals surface area contributed by atoms with Crippen molar-refractivity contribution in [3.63, 3.8) is 0 Å². The van der Waals surface area contributed by atoms with Crippen molar-refractivity contribution >= 4 is 38.4 Å². The second kappa shape index (κ2) is 7.85. The highest BCUT2D eigenvalue weighted by Gasteiger charge is 2.25. The average Bonchev–Trinajstić information content (AvgIpc) is 3.00. The topological polar surface area (TPSA) is 103 Å². The van der Waals surface area contributed by atoms with Gasteiger partial charge in [-0.05, 0) is 38.1 Å². The number of nitrogens with one attached hydrogen (secondary N) is 1. The minimum Gasteiger partial charge on any atom is -0.460 e. The Labute approximate surface area is 162 Å².